The highest BCUT2D eigenvalue weighted by atomic mass is 35.5. The van der Waals surface area contributed by atoms with Crippen molar-refractivity contribution in [1.29, 1.82) is 0 Å². The number of benzene rings is 2. The third-order valence-electron chi connectivity index (χ3n) is 3.33. The van der Waals surface area contributed by atoms with Crippen LogP contribution in [-0.4, -0.2) is 19.7 Å². The molecule has 0 spiro atoms. The number of hydrogen-bond donors (Lipinski definition) is 0. The van der Waals surface area contributed by atoms with E-state index in [1.54, 1.807) is 49.4 Å². The van der Waals surface area contributed by atoms with Gasteiger partial charge < -0.3 is 0 Å². The van der Waals surface area contributed by atoms with E-state index < -0.39 is 21.3 Å². The summed E-state index contributed by atoms with van der Waals surface area (Å²) in [5.74, 6) is 0. The second kappa shape index (κ2) is 6.50. The van der Waals surface area contributed by atoms with Crippen LogP contribution in [-0.2, 0) is 14.8 Å². The predicted molar refractivity (Wildman–Crippen MR) is 87.6 cm³/mol. The molecule has 0 fully saturated rings. The lowest BCUT2D eigenvalue weighted by Crippen LogP contribution is -2.42. The smallest absolute Gasteiger partial charge is 0.265 e. The van der Waals surface area contributed by atoms with Gasteiger partial charge in [0.25, 0.3) is 10.0 Å². The summed E-state index contributed by atoms with van der Waals surface area (Å²) in [5, 5.41) is -0.734. The summed E-state index contributed by atoms with van der Waals surface area (Å²) in [7, 11) is -3.89. The lowest BCUT2D eigenvalue weighted by atomic mass is 10.2. The van der Waals surface area contributed by atoms with Gasteiger partial charge in [-0.15, -0.1) is 0 Å². The summed E-state index contributed by atoms with van der Waals surface area (Å²) < 4.78 is 27.0. The first-order valence-electron chi connectivity index (χ1n) is 6.70. The van der Waals surface area contributed by atoms with Crippen molar-refractivity contribution in [3.05, 3.63) is 60.2 Å². The Morgan fingerprint density at radius 3 is 2.14 bits per heavy atom. The van der Waals surface area contributed by atoms with Crippen molar-refractivity contribution >= 4 is 32.6 Å². The first-order chi connectivity index (χ1) is 10.4. The van der Waals surface area contributed by atoms with E-state index in [9.17, 15) is 13.2 Å². The molecule has 1 atom stereocenters. The summed E-state index contributed by atoms with van der Waals surface area (Å²) >= 11 is 5.57. The van der Waals surface area contributed by atoms with Crippen molar-refractivity contribution in [2.24, 2.45) is 0 Å². The Morgan fingerprint density at radius 1 is 1.05 bits per heavy atom. The third-order valence-corrected chi connectivity index (χ3v) is 5.55. The lowest BCUT2D eigenvalue weighted by molar-refractivity contribution is -0.112. The zero-order valence-corrected chi connectivity index (χ0v) is 13.8. The number of halogens is 1. The number of nitrogens with zero attached hydrogens (tertiary/aromatic N) is 1. The van der Waals surface area contributed by atoms with Crippen LogP contribution in [0.1, 0.15) is 12.5 Å². The number of hydrogen-bond acceptors (Lipinski definition) is 3. The summed E-state index contributed by atoms with van der Waals surface area (Å²) in [6, 6.07) is 14.0. The second-order valence-corrected chi connectivity index (χ2v) is 7.07. The average molecular weight is 338 g/mol. The average Bonchev–Trinajstić information content (AvgIpc) is 2.50. The van der Waals surface area contributed by atoms with Gasteiger partial charge in [-0.05, 0) is 49.2 Å². The van der Waals surface area contributed by atoms with Crippen molar-refractivity contribution in [2.45, 2.75) is 24.8 Å². The molecule has 0 amide bonds. The summed E-state index contributed by atoms with van der Waals surface area (Å²) in [4.78, 5) is 11.7. The SMILES string of the molecule is Cc1ccccc1N(C(C)C(=O)Cl)S(=O)(=O)c1ccccc1. The minimum absolute atomic E-state index is 0.114. The van der Waals surface area contributed by atoms with Gasteiger partial charge in [-0.1, -0.05) is 36.4 Å². The molecule has 0 heterocycles. The Balaban J connectivity index is 2.65. The standard InChI is InChI=1S/C16H16ClNO3S/c1-12-8-6-7-11-15(12)18(13(2)16(17)19)22(20,21)14-9-4-3-5-10-14/h3-11,13H,1-2H3. The van der Waals surface area contributed by atoms with Gasteiger partial charge in [-0.2, -0.15) is 0 Å². The molecule has 0 radical (unpaired) electrons. The second-order valence-electron chi connectivity index (χ2n) is 4.88. The zero-order chi connectivity index (χ0) is 16.3. The van der Waals surface area contributed by atoms with Crippen molar-refractivity contribution in [1.82, 2.24) is 0 Å². The van der Waals surface area contributed by atoms with Crippen LogP contribution in [0.3, 0.4) is 0 Å². The van der Waals surface area contributed by atoms with Crippen LogP contribution in [0, 0.1) is 6.92 Å². The van der Waals surface area contributed by atoms with E-state index in [2.05, 4.69) is 0 Å². The van der Waals surface area contributed by atoms with E-state index in [0.717, 1.165) is 9.87 Å². The van der Waals surface area contributed by atoms with Crippen molar-refractivity contribution < 1.29 is 13.2 Å². The molecule has 0 aliphatic carbocycles. The maximum absolute atomic E-state index is 12.9. The van der Waals surface area contributed by atoms with Crippen molar-refractivity contribution in [3.8, 4) is 0 Å². The molecule has 0 aliphatic heterocycles. The topological polar surface area (TPSA) is 54.5 Å². The van der Waals surface area contributed by atoms with Crippen LogP contribution in [0.2, 0.25) is 0 Å². The van der Waals surface area contributed by atoms with Gasteiger partial charge in [0.2, 0.25) is 5.24 Å². The molecule has 0 N–H and O–H groups in total. The molecule has 0 aliphatic rings. The Hall–Kier alpha value is -1.85. The molecule has 22 heavy (non-hydrogen) atoms. The van der Waals surface area contributed by atoms with Gasteiger partial charge in [-0.3, -0.25) is 9.10 Å². The third kappa shape index (κ3) is 3.15. The number of para-hydroxylation sites is 1. The summed E-state index contributed by atoms with van der Waals surface area (Å²) in [5.41, 5.74) is 1.18. The molecular formula is C16H16ClNO3S. The van der Waals surface area contributed by atoms with Crippen molar-refractivity contribution in [2.75, 3.05) is 4.31 Å². The highest BCUT2D eigenvalue weighted by Crippen LogP contribution is 2.29. The van der Waals surface area contributed by atoms with Crippen LogP contribution < -0.4 is 4.31 Å². The minimum atomic E-state index is -3.89. The fourth-order valence-corrected chi connectivity index (χ4v) is 4.01. The first kappa shape index (κ1) is 16.5. The normalized spacial score (nSPS) is 12.7. The molecule has 6 heteroatoms. The van der Waals surface area contributed by atoms with Gasteiger partial charge in [0.05, 0.1) is 10.6 Å². The molecule has 1 unspecified atom stereocenters. The van der Waals surface area contributed by atoms with E-state index in [4.69, 9.17) is 11.6 Å². The van der Waals surface area contributed by atoms with E-state index in [0.29, 0.717) is 5.69 Å². The Labute approximate surface area is 135 Å². The molecular weight excluding hydrogens is 322 g/mol. The molecule has 2 aromatic carbocycles. The van der Waals surface area contributed by atoms with E-state index in [-0.39, 0.29) is 4.90 Å². The number of carbonyl (C=O) groups excluding carboxylic acids is 1. The fourth-order valence-electron chi connectivity index (χ4n) is 2.16. The highest BCUT2D eigenvalue weighted by molar-refractivity contribution is 7.93. The van der Waals surface area contributed by atoms with Gasteiger partial charge in [0.15, 0.2) is 0 Å². The molecule has 0 saturated heterocycles. The van der Waals surface area contributed by atoms with Crippen LogP contribution in [0.25, 0.3) is 0 Å². The molecule has 2 aromatic rings. The summed E-state index contributed by atoms with van der Waals surface area (Å²) in [6.07, 6.45) is 0. The molecule has 0 bridgehead atoms. The minimum Gasteiger partial charge on any atom is -0.279 e. The van der Waals surface area contributed by atoms with Crippen LogP contribution in [0.4, 0.5) is 5.69 Å². The van der Waals surface area contributed by atoms with Gasteiger partial charge in [0, 0.05) is 0 Å². The Kier molecular flexibility index (Phi) is 4.88. The van der Waals surface area contributed by atoms with Crippen LogP contribution in [0.15, 0.2) is 59.5 Å². The van der Waals surface area contributed by atoms with Crippen LogP contribution >= 0.6 is 11.6 Å². The number of sulfonamides is 1. The number of rotatable bonds is 5. The van der Waals surface area contributed by atoms with Gasteiger partial charge in [0.1, 0.15) is 6.04 Å². The van der Waals surface area contributed by atoms with Crippen molar-refractivity contribution in [3.63, 3.8) is 0 Å². The first-order valence-corrected chi connectivity index (χ1v) is 8.52. The quantitative estimate of drug-likeness (QED) is 0.786. The molecule has 0 saturated carbocycles. The Bertz CT molecular complexity index is 775. The summed E-state index contributed by atoms with van der Waals surface area (Å²) in [6.45, 7) is 3.26. The van der Waals surface area contributed by atoms with E-state index in [1.807, 2.05) is 0 Å². The largest absolute Gasteiger partial charge is 0.279 e. The highest BCUT2D eigenvalue weighted by Gasteiger charge is 2.33. The number of anilines is 1. The lowest BCUT2D eigenvalue weighted by Gasteiger charge is -2.29. The molecule has 116 valence electrons. The maximum atomic E-state index is 12.9. The zero-order valence-electron chi connectivity index (χ0n) is 12.2. The number of aryl methyl sites for hydroxylation is 1. The number of carbonyl (C=O) groups is 1. The van der Waals surface area contributed by atoms with Gasteiger partial charge in [-0.25, -0.2) is 8.42 Å². The van der Waals surface area contributed by atoms with E-state index in [1.165, 1.54) is 19.1 Å². The predicted octanol–water partition coefficient (Wildman–Crippen LogP) is 3.34. The monoisotopic (exact) mass is 337 g/mol. The van der Waals surface area contributed by atoms with Crippen LogP contribution in [0.5, 0.6) is 0 Å². The maximum Gasteiger partial charge on any atom is 0.265 e. The molecule has 4 nitrogen and oxygen atoms in total. The Morgan fingerprint density at radius 2 is 1.59 bits per heavy atom. The van der Waals surface area contributed by atoms with E-state index >= 15 is 0 Å². The molecule has 2 rings (SSSR count). The van der Waals surface area contributed by atoms with Gasteiger partial charge >= 0.3 is 0 Å². The molecule has 0 aromatic heterocycles. The fraction of sp³-hybridized carbons (Fsp3) is 0.188.